The van der Waals surface area contributed by atoms with Crippen molar-refractivity contribution in [2.75, 3.05) is 16.4 Å². The molecular formula is C20H19BrN2O3S2. The molecule has 0 N–H and O–H groups in total. The average Bonchev–Trinajstić information content (AvgIpc) is 3.05. The first-order chi connectivity index (χ1) is 13.3. The van der Waals surface area contributed by atoms with Crippen LogP contribution in [-0.4, -0.2) is 42.3 Å². The predicted octanol–water partition coefficient (Wildman–Crippen LogP) is 3.60. The van der Waals surface area contributed by atoms with Crippen LogP contribution >= 0.6 is 27.7 Å². The fraction of sp³-hybridized carbons (Fsp3) is 0.300. The van der Waals surface area contributed by atoms with Crippen LogP contribution in [0.2, 0.25) is 0 Å². The Hall–Kier alpha value is -1.64. The van der Waals surface area contributed by atoms with Gasteiger partial charge in [0.2, 0.25) is 0 Å². The molecule has 0 radical (unpaired) electrons. The number of fused-ring (bicyclic) bond motifs is 1. The number of hydrogen-bond donors (Lipinski definition) is 0. The Labute approximate surface area is 177 Å². The summed E-state index contributed by atoms with van der Waals surface area (Å²) in [6.45, 7) is 1.99. The summed E-state index contributed by atoms with van der Waals surface area (Å²) in [5.41, 5.74) is 2.87. The Bertz CT molecular complexity index is 1070. The summed E-state index contributed by atoms with van der Waals surface area (Å²) >= 11 is 4.86. The van der Waals surface area contributed by atoms with Crippen LogP contribution in [0.1, 0.15) is 11.1 Å². The summed E-state index contributed by atoms with van der Waals surface area (Å²) in [4.78, 5) is 18.9. The van der Waals surface area contributed by atoms with Crippen molar-refractivity contribution in [3.8, 4) is 0 Å². The molecule has 0 saturated carbocycles. The van der Waals surface area contributed by atoms with Crippen molar-refractivity contribution in [2.45, 2.75) is 24.6 Å². The topological polar surface area (TPSA) is 66.8 Å². The maximum atomic E-state index is 12.6. The number of halogens is 1. The number of anilines is 1. The first-order valence-electron chi connectivity index (χ1n) is 8.90. The van der Waals surface area contributed by atoms with Crippen LogP contribution in [0.5, 0.6) is 0 Å². The number of aliphatic imine (C=N–C) groups is 1. The molecule has 1 amide bonds. The van der Waals surface area contributed by atoms with Gasteiger partial charge in [-0.2, -0.15) is 4.99 Å². The van der Waals surface area contributed by atoms with Gasteiger partial charge in [-0.15, -0.1) is 0 Å². The van der Waals surface area contributed by atoms with Gasteiger partial charge in [0.15, 0.2) is 15.0 Å². The molecule has 146 valence electrons. The van der Waals surface area contributed by atoms with E-state index in [1.807, 2.05) is 60.4 Å². The van der Waals surface area contributed by atoms with E-state index in [4.69, 9.17) is 0 Å². The molecule has 2 aromatic carbocycles. The highest BCUT2D eigenvalue weighted by molar-refractivity contribution is 9.10. The smallest absolute Gasteiger partial charge is 0.252 e. The third-order valence-corrected chi connectivity index (χ3v) is 8.51. The van der Waals surface area contributed by atoms with Gasteiger partial charge in [0.25, 0.3) is 5.91 Å². The van der Waals surface area contributed by atoms with Gasteiger partial charge in [0.1, 0.15) is 0 Å². The normalized spacial score (nSPS) is 24.5. The largest absolute Gasteiger partial charge is 0.316 e. The lowest BCUT2D eigenvalue weighted by Gasteiger charge is -2.24. The number of nitrogens with zero attached hydrogens (tertiary/aromatic N) is 2. The third kappa shape index (κ3) is 4.18. The summed E-state index contributed by atoms with van der Waals surface area (Å²) in [5, 5.41) is 0.482. The van der Waals surface area contributed by atoms with Crippen molar-refractivity contribution in [1.82, 2.24) is 0 Å². The molecule has 4 rings (SSSR count). The van der Waals surface area contributed by atoms with Crippen molar-refractivity contribution in [3.05, 3.63) is 64.1 Å². The van der Waals surface area contributed by atoms with Crippen molar-refractivity contribution in [3.63, 3.8) is 0 Å². The molecule has 0 spiro atoms. The van der Waals surface area contributed by atoms with Crippen molar-refractivity contribution >= 4 is 54.3 Å². The zero-order chi connectivity index (χ0) is 19.9. The number of carbonyl (C=O) groups is 1. The van der Waals surface area contributed by atoms with Gasteiger partial charge in [-0.1, -0.05) is 63.6 Å². The Balaban J connectivity index is 1.65. The second-order valence-electron chi connectivity index (χ2n) is 7.10. The number of amidine groups is 1. The molecule has 2 aliphatic rings. The van der Waals surface area contributed by atoms with E-state index < -0.39 is 9.84 Å². The first kappa shape index (κ1) is 19.7. The lowest BCUT2D eigenvalue weighted by atomic mass is 10.1. The predicted molar refractivity (Wildman–Crippen MR) is 118 cm³/mol. The molecule has 0 bridgehead atoms. The molecule has 8 heteroatoms. The van der Waals surface area contributed by atoms with Crippen molar-refractivity contribution < 1.29 is 13.2 Å². The summed E-state index contributed by atoms with van der Waals surface area (Å²) < 4.78 is 25.2. The van der Waals surface area contributed by atoms with Gasteiger partial charge < -0.3 is 4.90 Å². The molecule has 0 aromatic heterocycles. The standard InChI is InChI=1S/C20H19BrN2O3S2/c1-13-4-2-5-14(8-13)9-19(24)22-20-23(16-7-3-6-15(21)10-16)17-11-28(25,26)12-18(17)27-20/h2-8,10,17-18H,9,11-12H2,1H3/t17-,18+/m1/s1. The number of rotatable bonds is 3. The minimum absolute atomic E-state index is 0.0856. The van der Waals surface area contributed by atoms with Crippen LogP contribution in [0, 0.1) is 6.92 Å². The van der Waals surface area contributed by atoms with Crippen LogP contribution < -0.4 is 4.90 Å². The number of hydrogen-bond acceptors (Lipinski definition) is 4. The van der Waals surface area contributed by atoms with E-state index in [0.717, 1.165) is 21.3 Å². The number of aryl methyl sites for hydroxylation is 1. The first-order valence-corrected chi connectivity index (χ1v) is 12.4. The van der Waals surface area contributed by atoms with Crippen molar-refractivity contribution in [2.24, 2.45) is 4.99 Å². The number of thioether (sulfide) groups is 1. The molecule has 5 nitrogen and oxygen atoms in total. The van der Waals surface area contributed by atoms with Gasteiger partial charge in [0, 0.05) is 15.4 Å². The number of amides is 1. The van der Waals surface area contributed by atoms with E-state index in [9.17, 15) is 13.2 Å². The maximum absolute atomic E-state index is 12.6. The van der Waals surface area contributed by atoms with E-state index in [1.165, 1.54) is 11.8 Å². The average molecular weight is 479 g/mol. The second-order valence-corrected chi connectivity index (χ2v) is 11.4. The van der Waals surface area contributed by atoms with E-state index in [-0.39, 0.29) is 35.1 Å². The quantitative estimate of drug-likeness (QED) is 0.673. The lowest BCUT2D eigenvalue weighted by Crippen LogP contribution is -2.37. The highest BCUT2D eigenvalue weighted by Gasteiger charge is 2.49. The fourth-order valence-electron chi connectivity index (χ4n) is 3.64. The highest BCUT2D eigenvalue weighted by Crippen LogP contribution is 2.41. The summed E-state index contributed by atoms with van der Waals surface area (Å²) in [7, 11) is -3.08. The molecule has 0 unspecified atom stereocenters. The van der Waals surface area contributed by atoms with Crippen molar-refractivity contribution in [1.29, 1.82) is 0 Å². The number of benzene rings is 2. The Kier molecular flexibility index (Phi) is 5.37. The second kappa shape index (κ2) is 7.65. The lowest BCUT2D eigenvalue weighted by molar-refractivity contribution is -0.117. The minimum atomic E-state index is -3.08. The van der Waals surface area contributed by atoms with Gasteiger partial charge in [-0.25, -0.2) is 8.42 Å². The van der Waals surface area contributed by atoms with Crippen LogP contribution in [-0.2, 0) is 21.1 Å². The van der Waals surface area contributed by atoms with E-state index in [2.05, 4.69) is 20.9 Å². The Morgan fingerprint density at radius 3 is 2.75 bits per heavy atom. The van der Waals surface area contributed by atoms with Crippen LogP contribution in [0.3, 0.4) is 0 Å². The highest BCUT2D eigenvalue weighted by atomic mass is 79.9. The Morgan fingerprint density at radius 2 is 2.00 bits per heavy atom. The zero-order valence-electron chi connectivity index (χ0n) is 15.2. The van der Waals surface area contributed by atoms with Gasteiger partial charge in [-0.3, -0.25) is 4.79 Å². The summed E-state index contributed by atoms with van der Waals surface area (Å²) in [6, 6.07) is 15.3. The van der Waals surface area contributed by atoms with Gasteiger partial charge in [-0.05, 0) is 30.7 Å². The van der Waals surface area contributed by atoms with Crippen LogP contribution in [0.15, 0.2) is 58.0 Å². The SMILES string of the molecule is Cc1cccc(CC(=O)N=C2S[C@H]3CS(=O)(=O)C[C@H]3N2c2cccc(Br)c2)c1. The third-order valence-electron chi connectivity index (χ3n) is 4.81. The molecule has 2 atom stereocenters. The Morgan fingerprint density at radius 1 is 1.21 bits per heavy atom. The summed E-state index contributed by atoms with van der Waals surface area (Å²) in [6.07, 6.45) is 0.228. The zero-order valence-corrected chi connectivity index (χ0v) is 18.4. The molecule has 2 aromatic rings. The molecular weight excluding hydrogens is 460 g/mol. The molecule has 2 saturated heterocycles. The number of sulfone groups is 1. The fourth-order valence-corrected chi connectivity index (χ4v) is 7.95. The van der Waals surface area contributed by atoms with Crippen LogP contribution in [0.25, 0.3) is 0 Å². The molecule has 0 aliphatic carbocycles. The van der Waals surface area contributed by atoms with E-state index in [0.29, 0.717) is 5.17 Å². The van der Waals surface area contributed by atoms with E-state index >= 15 is 0 Å². The minimum Gasteiger partial charge on any atom is -0.316 e. The summed E-state index contributed by atoms with van der Waals surface area (Å²) in [5.74, 6) is -0.0175. The van der Waals surface area contributed by atoms with Crippen LogP contribution in [0.4, 0.5) is 5.69 Å². The monoisotopic (exact) mass is 478 g/mol. The molecule has 2 heterocycles. The van der Waals surface area contributed by atoms with E-state index in [1.54, 1.807) is 0 Å². The van der Waals surface area contributed by atoms with Gasteiger partial charge in [0.05, 0.1) is 24.0 Å². The molecule has 2 aliphatic heterocycles. The molecule has 28 heavy (non-hydrogen) atoms. The van der Waals surface area contributed by atoms with Gasteiger partial charge >= 0.3 is 0 Å². The number of carbonyl (C=O) groups excluding carboxylic acids is 1. The molecule has 2 fully saturated rings. The maximum Gasteiger partial charge on any atom is 0.252 e.